The average Bonchev–Trinajstić information content (AvgIpc) is 2.27. The van der Waals surface area contributed by atoms with Gasteiger partial charge < -0.3 is 0 Å². The summed E-state index contributed by atoms with van der Waals surface area (Å²) >= 11 is 0. The molecule has 1 aromatic carbocycles. The summed E-state index contributed by atoms with van der Waals surface area (Å²) < 4.78 is 13.2. The summed E-state index contributed by atoms with van der Waals surface area (Å²) in [4.78, 5) is 4.20. The van der Waals surface area contributed by atoms with Crippen molar-refractivity contribution in [2.24, 2.45) is 0 Å². The summed E-state index contributed by atoms with van der Waals surface area (Å²) in [5.74, 6) is -0.282. The second-order valence-corrected chi connectivity index (χ2v) is 3.03. The Bertz CT molecular complexity index is 488. The quantitative estimate of drug-likeness (QED) is 0.665. The molecule has 70 valence electrons. The third-order valence-corrected chi connectivity index (χ3v) is 2.10. The number of hydrogen-bond acceptors (Lipinski definition) is 1. The van der Waals surface area contributed by atoms with E-state index in [0.717, 1.165) is 10.9 Å². The summed E-state index contributed by atoms with van der Waals surface area (Å²) in [5.41, 5.74) is 1.22. The van der Waals surface area contributed by atoms with Crippen molar-refractivity contribution in [1.29, 1.82) is 0 Å². The molecule has 0 saturated heterocycles. The van der Waals surface area contributed by atoms with E-state index < -0.39 is 0 Å². The Hall–Kier alpha value is -1.70. The average molecular weight is 187 g/mol. The van der Waals surface area contributed by atoms with Crippen LogP contribution in [0, 0.1) is 0 Å². The number of para-hydroxylation sites is 1. The van der Waals surface area contributed by atoms with Gasteiger partial charge in [-0.25, -0.2) is 9.37 Å². The SMILES string of the molecule is C/C=C(/F)c1ccc2ccccc2n1. The topological polar surface area (TPSA) is 12.9 Å². The van der Waals surface area contributed by atoms with Crippen LogP contribution in [0.3, 0.4) is 0 Å². The molecule has 1 heterocycles. The summed E-state index contributed by atoms with van der Waals surface area (Å²) in [6, 6.07) is 11.2. The Morgan fingerprint density at radius 1 is 1.21 bits per heavy atom. The van der Waals surface area contributed by atoms with Crippen molar-refractivity contribution in [3.05, 3.63) is 48.2 Å². The first-order chi connectivity index (χ1) is 6.81. The summed E-state index contributed by atoms with van der Waals surface area (Å²) in [7, 11) is 0. The molecule has 0 amide bonds. The van der Waals surface area contributed by atoms with Crippen LogP contribution in [-0.4, -0.2) is 4.98 Å². The summed E-state index contributed by atoms with van der Waals surface area (Å²) in [6.45, 7) is 1.66. The lowest BCUT2D eigenvalue weighted by molar-refractivity contribution is 0.752. The number of fused-ring (bicyclic) bond motifs is 1. The maximum atomic E-state index is 13.2. The van der Waals surface area contributed by atoms with E-state index >= 15 is 0 Å². The first kappa shape index (κ1) is 8.88. The van der Waals surface area contributed by atoms with Crippen LogP contribution < -0.4 is 0 Å². The highest BCUT2D eigenvalue weighted by molar-refractivity contribution is 5.80. The fourth-order valence-electron chi connectivity index (χ4n) is 1.35. The smallest absolute Gasteiger partial charge is 0.144 e. The van der Waals surface area contributed by atoms with E-state index in [9.17, 15) is 4.39 Å². The molecule has 0 unspecified atom stereocenters. The van der Waals surface area contributed by atoms with Crippen LogP contribution in [0.25, 0.3) is 16.7 Å². The Morgan fingerprint density at radius 2 is 2.00 bits per heavy atom. The highest BCUT2D eigenvalue weighted by atomic mass is 19.1. The van der Waals surface area contributed by atoms with Gasteiger partial charge in [-0.1, -0.05) is 24.3 Å². The van der Waals surface area contributed by atoms with E-state index in [-0.39, 0.29) is 5.83 Å². The maximum absolute atomic E-state index is 13.2. The molecule has 1 nitrogen and oxygen atoms in total. The van der Waals surface area contributed by atoms with Gasteiger partial charge in [0.25, 0.3) is 0 Å². The molecule has 2 heteroatoms. The van der Waals surface area contributed by atoms with Crippen LogP contribution in [0.1, 0.15) is 12.6 Å². The molecule has 0 N–H and O–H groups in total. The van der Waals surface area contributed by atoms with Gasteiger partial charge >= 0.3 is 0 Å². The molecule has 0 bridgehead atoms. The van der Waals surface area contributed by atoms with Gasteiger partial charge in [-0.15, -0.1) is 0 Å². The van der Waals surface area contributed by atoms with Gasteiger partial charge in [-0.3, -0.25) is 0 Å². The Balaban J connectivity index is 2.62. The molecule has 0 saturated carbocycles. The normalized spacial score (nSPS) is 12.0. The molecule has 1 aromatic heterocycles. The van der Waals surface area contributed by atoms with Crippen LogP contribution in [-0.2, 0) is 0 Å². The molecule has 0 atom stereocenters. The van der Waals surface area contributed by atoms with Crippen molar-refractivity contribution in [1.82, 2.24) is 4.98 Å². The molecular weight excluding hydrogens is 177 g/mol. The first-order valence-corrected chi connectivity index (χ1v) is 4.49. The van der Waals surface area contributed by atoms with Crippen LogP contribution in [0.4, 0.5) is 4.39 Å². The Morgan fingerprint density at radius 3 is 2.79 bits per heavy atom. The van der Waals surface area contributed by atoms with E-state index in [0.29, 0.717) is 5.69 Å². The molecule has 0 aliphatic carbocycles. The predicted molar refractivity (Wildman–Crippen MR) is 56.5 cm³/mol. The summed E-state index contributed by atoms with van der Waals surface area (Å²) in [6.07, 6.45) is 1.41. The third kappa shape index (κ3) is 1.51. The molecule has 2 rings (SSSR count). The fraction of sp³-hybridized carbons (Fsp3) is 0.0833. The zero-order valence-electron chi connectivity index (χ0n) is 7.87. The third-order valence-electron chi connectivity index (χ3n) is 2.10. The largest absolute Gasteiger partial charge is 0.245 e. The Labute approximate surface area is 81.9 Å². The molecule has 0 fully saturated rings. The van der Waals surface area contributed by atoms with Gasteiger partial charge in [-0.05, 0) is 25.1 Å². The van der Waals surface area contributed by atoms with E-state index in [4.69, 9.17) is 0 Å². The standard InChI is InChI=1S/C12H10FN/c1-2-10(13)12-8-7-9-5-3-4-6-11(9)14-12/h2-8H,1H3/b10-2+. The highest BCUT2D eigenvalue weighted by Gasteiger charge is 2.01. The minimum Gasteiger partial charge on any atom is -0.245 e. The Kier molecular flexibility index (Phi) is 2.27. The van der Waals surface area contributed by atoms with Gasteiger partial charge in [0.2, 0.25) is 0 Å². The van der Waals surface area contributed by atoms with Crippen molar-refractivity contribution in [2.45, 2.75) is 6.92 Å². The van der Waals surface area contributed by atoms with Crippen molar-refractivity contribution >= 4 is 16.7 Å². The van der Waals surface area contributed by atoms with Crippen LogP contribution in [0.2, 0.25) is 0 Å². The van der Waals surface area contributed by atoms with Crippen molar-refractivity contribution in [3.63, 3.8) is 0 Å². The number of aromatic nitrogens is 1. The molecular formula is C12H10FN. The zero-order valence-corrected chi connectivity index (χ0v) is 7.87. The van der Waals surface area contributed by atoms with Gasteiger partial charge in [0.1, 0.15) is 5.83 Å². The molecule has 2 aromatic rings. The number of rotatable bonds is 1. The minimum atomic E-state index is -0.282. The first-order valence-electron chi connectivity index (χ1n) is 4.49. The predicted octanol–water partition coefficient (Wildman–Crippen LogP) is 3.57. The molecule has 0 aliphatic rings. The van der Waals surface area contributed by atoms with Gasteiger partial charge in [0, 0.05) is 5.39 Å². The number of hydrogen-bond donors (Lipinski definition) is 0. The molecule has 0 spiro atoms. The second kappa shape index (κ2) is 3.58. The number of nitrogens with zero attached hydrogens (tertiary/aromatic N) is 1. The molecule has 0 radical (unpaired) electrons. The zero-order chi connectivity index (χ0) is 9.97. The number of allylic oxidation sites excluding steroid dienone is 1. The summed E-state index contributed by atoms with van der Waals surface area (Å²) in [5, 5.41) is 1.03. The van der Waals surface area contributed by atoms with Crippen LogP contribution in [0.5, 0.6) is 0 Å². The lowest BCUT2D eigenvalue weighted by Crippen LogP contribution is -1.85. The maximum Gasteiger partial charge on any atom is 0.144 e. The highest BCUT2D eigenvalue weighted by Crippen LogP contribution is 2.17. The number of pyridine rings is 1. The van der Waals surface area contributed by atoms with Gasteiger partial charge in [0.05, 0.1) is 11.2 Å². The minimum absolute atomic E-state index is 0.282. The fourth-order valence-corrected chi connectivity index (χ4v) is 1.35. The van der Waals surface area contributed by atoms with E-state index in [1.165, 1.54) is 6.08 Å². The molecule has 14 heavy (non-hydrogen) atoms. The van der Waals surface area contributed by atoms with Crippen LogP contribution in [0.15, 0.2) is 42.5 Å². The van der Waals surface area contributed by atoms with Crippen LogP contribution >= 0.6 is 0 Å². The van der Waals surface area contributed by atoms with Crippen molar-refractivity contribution < 1.29 is 4.39 Å². The number of halogens is 1. The van der Waals surface area contributed by atoms with E-state index in [2.05, 4.69) is 4.98 Å². The second-order valence-electron chi connectivity index (χ2n) is 3.03. The van der Waals surface area contributed by atoms with Gasteiger partial charge in [-0.2, -0.15) is 0 Å². The van der Waals surface area contributed by atoms with Crippen molar-refractivity contribution in [2.75, 3.05) is 0 Å². The van der Waals surface area contributed by atoms with Crippen molar-refractivity contribution in [3.8, 4) is 0 Å². The monoisotopic (exact) mass is 187 g/mol. The van der Waals surface area contributed by atoms with E-state index in [1.807, 2.05) is 30.3 Å². The van der Waals surface area contributed by atoms with Gasteiger partial charge in [0.15, 0.2) is 0 Å². The number of benzene rings is 1. The molecule has 0 aliphatic heterocycles. The lowest BCUT2D eigenvalue weighted by atomic mass is 10.2. The lowest BCUT2D eigenvalue weighted by Gasteiger charge is -1.99. The van der Waals surface area contributed by atoms with E-state index in [1.54, 1.807) is 13.0 Å².